The van der Waals surface area contributed by atoms with Crippen molar-refractivity contribution in [2.45, 2.75) is 74.1 Å². The van der Waals surface area contributed by atoms with Crippen molar-refractivity contribution >= 4 is 17.7 Å². The lowest BCUT2D eigenvalue weighted by Gasteiger charge is -2.38. The Balaban J connectivity index is 1.72. The normalized spacial score (nSPS) is 43.2. The van der Waals surface area contributed by atoms with Crippen molar-refractivity contribution in [3.8, 4) is 0 Å². The van der Waals surface area contributed by atoms with Crippen LogP contribution in [0.4, 0.5) is 0 Å². The van der Waals surface area contributed by atoms with E-state index in [4.69, 9.17) is 4.74 Å². The molecule has 3 nitrogen and oxygen atoms in total. The molecule has 2 saturated heterocycles. The van der Waals surface area contributed by atoms with Gasteiger partial charge in [0.1, 0.15) is 0 Å². The molecular weight excluding hydrogens is 270 g/mol. The molecule has 0 aromatic carbocycles. The van der Waals surface area contributed by atoms with Crippen molar-refractivity contribution in [2.24, 2.45) is 0 Å². The van der Waals surface area contributed by atoms with E-state index in [1.54, 1.807) is 0 Å². The minimum atomic E-state index is -0.240. The average molecular weight is 293 g/mol. The van der Waals surface area contributed by atoms with Crippen LogP contribution in [0.25, 0.3) is 0 Å². The maximum atomic E-state index is 11.9. The third-order valence-electron chi connectivity index (χ3n) is 5.44. The van der Waals surface area contributed by atoms with E-state index in [1.807, 2.05) is 6.08 Å². The number of ether oxygens (including phenoxy) is 1. The summed E-state index contributed by atoms with van der Waals surface area (Å²) in [5.74, 6) is -0.0960. The maximum absolute atomic E-state index is 11.9. The van der Waals surface area contributed by atoms with Crippen molar-refractivity contribution in [1.82, 2.24) is 4.90 Å². The first-order chi connectivity index (χ1) is 9.60. The molecule has 1 saturated carbocycles. The van der Waals surface area contributed by atoms with Gasteiger partial charge in [-0.25, -0.2) is 4.79 Å². The lowest BCUT2D eigenvalue weighted by Crippen LogP contribution is -2.48. The molecule has 4 rings (SSSR count). The van der Waals surface area contributed by atoms with Crippen molar-refractivity contribution in [2.75, 3.05) is 6.54 Å². The molecule has 0 aromatic heterocycles. The van der Waals surface area contributed by atoms with E-state index in [0.717, 1.165) is 12.8 Å². The summed E-state index contributed by atoms with van der Waals surface area (Å²) in [5.41, 5.74) is 1.06. The molecule has 0 amide bonds. The molecule has 1 unspecified atom stereocenters. The molecule has 2 bridgehead atoms. The molecule has 3 aliphatic heterocycles. The Labute approximate surface area is 125 Å². The zero-order valence-corrected chi connectivity index (χ0v) is 13.1. The summed E-state index contributed by atoms with van der Waals surface area (Å²) in [6.45, 7) is 5.75. The second-order valence-electron chi connectivity index (χ2n) is 6.93. The predicted octanol–water partition coefficient (Wildman–Crippen LogP) is 2.75. The zero-order chi connectivity index (χ0) is 13.9. The van der Waals surface area contributed by atoms with Gasteiger partial charge in [0.15, 0.2) is 5.60 Å². The topological polar surface area (TPSA) is 29.5 Å². The number of piperidine rings is 1. The highest BCUT2D eigenvalue weighted by molar-refractivity contribution is 8.00. The van der Waals surface area contributed by atoms with Gasteiger partial charge in [-0.1, -0.05) is 20.3 Å². The Morgan fingerprint density at radius 1 is 1.45 bits per heavy atom. The Hall–Kier alpha value is -0.480. The third-order valence-corrected chi connectivity index (χ3v) is 6.81. The average Bonchev–Trinajstić information content (AvgIpc) is 2.87. The number of hydrogen-bond acceptors (Lipinski definition) is 4. The molecule has 0 aromatic rings. The molecule has 3 fully saturated rings. The van der Waals surface area contributed by atoms with Crippen LogP contribution in [-0.2, 0) is 9.53 Å². The molecule has 20 heavy (non-hydrogen) atoms. The molecule has 1 aliphatic carbocycles. The van der Waals surface area contributed by atoms with Crippen LogP contribution in [0.5, 0.6) is 0 Å². The molecule has 4 aliphatic rings. The van der Waals surface area contributed by atoms with Crippen LogP contribution in [0, 0.1) is 0 Å². The zero-order valence-electron chi connectivity index (χ0n) is 12.3. The summed E-state index contributed by atoms with van der Waals surface area (Å²) in [6, 6.07) is 1.06. The first-order valence-electron chi connectivity index (χ1n) is 7.95. The second kappa shape index (κ2) is 4.51. The highest BCUT2D eigenvalue weighted by atomic mass is 32.2. The van der Waals surface area contributed by atoms with Gasteiger partial charge in [-0.2, -0.15) is 11.8 Å². The van der Waals surface area contributed by atoms with Crippen molar-refractivity contribution in [3.63, 3.8) is 0 Å². The van der Waals surface area contributed by atoms with Crippen LogP contribution in [0.2, 0.25) is 0 Å². The van der Waals surface area contributed by atoms with E-state index in [0.29, 0.717) is 22.6 Å². The smallest absolute Gasteiger partial charge is 0.331 e. The van der Waals surface area contributed by atoms with Gasteiger partial charge >= 0.3 is 5.97 Å². The fourth-order valence-electron chi connectivity index (χ4n) is 4.83. The van der Waals surface area contributed by atoms with Gasteiger partial charge in [-0.05, 0) is 36.6 Å². The van der Waals surface area contributed by atoms with Crippen LogP contribution in [0.3, 0.4) is 0 Å². The standard InChI is InChI=1S/C16H23NO2S/c1-10(2)20-13-7-11-8-15(18)19-16(11)9-12(13)17-6-4-3-5-14(16)17/h8,10,12-14H,3-7,9H2,1-2H3/t12-,13?,14+,16-/m0/s1. The third kappa shape index (κ3) is 1.73. The van der Waals surface area contributed by atoms with E-state index in [-0.39, 0.29) is 11.6 Å². The molecule has 1 spiro atoms. The first kappa shape index (κ1) is 13.2. The Morgan fingerprint density at radius 2 is 2.30 bits per heavy atom. The summed E-state index contributed by atoms with van der Waals surface area (Å²) in [7, 11) is 0. The maximum Gasteiger partial charge on any atom is 0.331 e. The van der Waals surface area contributed by atoms with E-state index in [2.05, 4.69) is 30.5 Å². The second-order valence-corrected chi connectivity index (χ2v) is 8.75. The summed E-state index contributed by atoms with van der Waals surface area (Å²) >= 11 is 2.09. The Morgan fingerprint density at radius 3 is 3.10 bits per heavy atom. The first-order valence-corrected chi connectivity index (χ1v) is 8.90. The fourth-order valence-corrected chi connectivity index (χ4v) is 6.24. The number of carbonyl (C=O) groups excluding carboxylic acids is 1. The van der Waals surface area contributed by atoms with Crippen LogP contribution >= 0.6 is 11.8 Å². The van der Waals surface area contributed by atoms with Gasteiger partial charge in [0.2, 0.25) is 0 Å². The molecule has 0 N–H and O–H groups in total. The van der Waals surface area contributed by atoms with Crippen LogP contribution < -0.4 is 0 Å². The quantitative estimate of drug-likeness (QED) is 0.732. The molecule has 0 radical (unpaired) electrons. The highest BCUT2D eigenvalue weighted by Gasteiger charge is 2.63. The minimum absolute atomic E-state index is 0.0960. The van der Waals surface area contributed by atoms with Crippen molar-refractivity contribution in [3.05, 3.63) is 11.6 Å². The molecule has 4 atom stereocenters. The molecular formula is C16H23NO2S. The molecule has 3 heterocycles. The van der Waals surface area contributed by atoms with Gasteiger partial charge in [-0.3, -0.25) is 4.90 Å². The van der Waals surface area contributed by atoms with Crippen molar-refractivity contribution in [1.29, 1.82) is 0 Å². The SMILES string of the molecule is CC(C)SC1CC2=CC(=O)O[C@@]23C[C@@H]1N1CCCC[C@@H]13. The number of thioether (sulfide) groups is 1. The number of nitrogens with zero attached hydrogens (tertiary/aromatic N) is 1. The van der Waals surface area contributed by atoms with Crippen LogP contribution in [0.1, 0.15) is 46.0 Å². The van der Waals surface area contributed by atoms with E-state index in [9.17, 15) is 4.79 Å². The Kier molecular flexibility index (Phi) is 2.97. The summed E-state index contributed by atoms with van der Waals surface area (Å²) in [5, 5.41) is 1.28. The highest BCUT2D eigenvalue weighted by Crippen LogP contribution is 2.56. The van der Waals surface area contributed by atoms with E-state index < -0.39 is 0 Å². The van der Waals surface area contributed by atoms with Gasteiger partial charge < -0.3 is 4.74 Å². The number of rotatable bonds is 2. The number of fused-ring (bicyclic) bond motifs is 3. The fraction of sp³-hybridized carbons (Fsp3) is 0.812. The number of carbonyl (C=O) groups is 1. The largest absolute Gasteiger partial charge is 0.450 e. The number of hydrogen-bond donors (Lipinski definition) is 0. The van der Waals surface area contributed by atoms with Crippen LogP contribution in [-0.4, -0.2) is 45.6 Å². The van der Waals surface area contributed by atoms with Gasteiger partial charge in [0.05, 0.1) is 6.04 Å². The van der Waals surface area contributed by atoms with Crippen molar-refractivity contribution < 1.29 is 9.53 Å². The summed E-state index contributed by atoms with van der Waals surface area (Å²) in [4.78, 5) is 14.6. The van der Waals surface area contributed by atoms with Crippen LogP contribution in [0.15, 0.2) is 11.6 Å². The lowest BCUT2D eigenvalue weighted by molar-refractivity contribution is -0.148. The molecule has 4 heteroatoms. The van der Waals surface area contributed by atoms with Gasteiger partial charge in [0.25, 0.3) is 0 Å². The van der Waals surface area contributed by atoms with E-state index in [1.165, 1.54) is 31.4 Å². The predicted molar refractivity (Wildman–Crippen MR) is 80.8 cm³/mol. The number of esters is 1. The molecule has 110 valence electrons. The Bertz CT molecular complexity index is 475. The monoisotopic (exact) mass is 293 g/mol. The van der Waals surface area contributed by atoms with Gasteiger partial charge in [0, 0.05) is 23.8 Å². The lowest BCUT2D eigenvalue weighted by atomic mass is 9.77. The summed E-state index contributed by atoms with van der Waals surface area (Å²) < 4.78 is 5.88. The van der Waals surface area contributed by atoms with E-state index >= 15 is 0 Å². The van der Waals surface area contributed by atoms with Gasteiger partial charge in [-0.15, -0.1) is 0 Å². The minimum Gasteiger partial charge on any atom is -0.450 e. The summed E-state index contributed by atoms with van der Waals surface area (Å²) in [6.07, 6.45) is 7.67.